The van der Waals surface area contributed by atoms with Crippen molar-refractivity contribution in [1.29, 1.82) is 0 Å². The van der Waals surface area contributed by atoms with Gasteiger partial charge in [0.1, 0.15) is 5.82 Å². The molecule has 0 spiro atoms. The van der Waals surface area contributed by atoms with Gasteiger partial charge in [0.2, 0.25) is 0 Å². The standard InChI is InChI=1S/C13H15BrFNO2/c1-16(7-12(17)8-2-3-8)13(18)9-4-10(14)6-11(15)5-9/h4-6,8,12,17H,2-3,7H2,1H3. The van der Waals surface area contributed by atoms with Crippen LogP contribution in [0.4, 0.5) is 4.39 Å². The van der Waals surface area contributed by atoms with Crippen LogP contribution in [0.2, 0.25) is 0 Å². The molecule has 0 aliphatic heterocycles. The highest BCUT2D eigenvalue weighted by Crippen LogP contribution is 2.32. The Morgan fingerprint density at radius 1 is 1.56 bits per heavy atom. The number of likely N-dealkylation sites (N-methyl/N-ethyl adjacent to an activating group) is 1. The third kappa shape index (κ3) is 3.29. The number of aliphatic hydroxyl groups is 1. The van der Waals surface area contributed by atoms with Crippen LogP contribution in [-0.4, -0.2) is 35.6 Å². The Labute approximate surface area is 114 Å². The van der Waals surface area contributed by atoms with Gasteiger partial charge in [0.05, 0.1) is 6.10 Å². The Morgan fingerprint density at radius 2 is 2.22 bits per heavy atom. The quantitative estimate of drug-likeness (QED) is 0.927. The summed E-state index contributed by atoms with van der Waals surface area (Å²) in [6.07, 6.45) is 1.57. The Morgan fingerprint density at radius 3 is 2.78 bits per heavy atom. The summed E-state index contributed by atoms with van der Waals surface area (Å²) in [6, 6.07) is 4.08. The van der Waals surface area contributed by atoms with E-state index in [1.807, 2.05) is 0 Å². The van der Waals surface area contributed by atoms with Gasteiger partial charge in [0, 0.05) is 23.6 Å². The maximum atomic E-state index is 13.2. The second-order valence-corrected chi connectivity index (χ2v) is 5.66. The summed E-state index contributed by atoms with van der Waals surface area (Å²) >= 11 is 3.15. The molecule has 1 aromatic carbocycles. The first-order valence-corrected chi connectivity index (χ1v) is 6.66. The number of hydrogen-bond acceptors (Lipinski definition) is 2. The first-order chi connectivity index (χ1) is 8.47. The van der Waals surface area contributed by atoms with Gasteiger partial charge in [0.25, 0.3) is 5.91 Å². The molecule has 18 heavy (non-hydrogen) atoms. The summed E-state index contributed by atoms with van der Waals surface area (Å²) in [5.41, 5.74) is 0.285. The van der Waals surface area contributed by atoms with Gasteiger partial charge >= 0.3 is 0 Å². The minimum atomic E-state index is -0.476. The number of amides is 1. The Bertz CT molecular complexity index is 442. The molecule has 5 heteroatoms. The predicted molar refractivity (Wildman–Crippen MR) is 69.8 cm³/mol. The number of hydrogen-bond donors (Lipinski definition) is 1. The molecule has 1 aliphatic carbocycles. The van der Waals surface area contributed by atoms with E-state index in [-0.39, 0.29) is 18.0 Å². The lowest BCUT2D eigenvalue weighted by Gasteiger charge is -2.20. The Kier molecular flexibility index (Phi) is 4.02. The zero-order chi connectivity index (χ0) is 13.3. The fraction of sp³-hybridized carbons (Fsp3) is 0.462. The minimum Gasteiger partial charge on any atom is -0.391 e. The first kappa shape index (κ1) is 13.5. The van der Waals surface area contributed by atoms with Crippen LogP contribution in [0, 0.1) is 11.7 Å². The van der Waals surface area contributed by atoms with Crippen LogP contribution in [0.1, 0.15) is 23.2 Å². The normalized spacial score (nSPS) is 16.4. The topological polar surface area (TPSA) is 40.5 Å². The zero-order valence-electron chi connectivity index (χ0n) is 10.1. The van der Waals surface area contributed by atoms with E-state index >= 15 is 0 Å². The summed E-state index contributed by atoms with van der Waals surface area (Å²) in [4.78, 5) is 13.5. The van der Waals surface area contributed by atoms with E-state index in [1.54, 1.807) is 13.1 Å². The molecule has 1 fully saturated rings. The van der Waals surface area contributed by atoms with Crippen LogP contribution in [-0.2, 0) is 0 Å². The fourth-order valence-electron chi connectivity index (χ4n) is 1.89. The minimum absolute atomic E-state index is 0.282. The maximum Gasteiger partial charge on any atom is 0.253 e. The summed E-state index contributed by atoms with van der Waals surface area (Å²) < 4.78 is 13.7. The molecular formula is C13H15BrFNO2. The van der Waals surface area contributed by atoms with Crippen molar-refractivity contribution >= 4 is 21.8 Å². The summed E-state index contributed by atoms with van der Waals surface area (Å²) in [7, 11) is 1.62. The average Bonchev–Trinajstić information content (AvgIpc) is 3.10. The molecule has 3 nitrogen and oxygen atoms in total. The monoisotopic (exact) mass is 315 g/mol. The lowest BCUT2D eigenvalue weighted by atomic mass is 10.1. The van der Waals surface area contributed by atoms with Crippen molar-refractivity contribution in [2.75, 3.05) is 13.6 Å². The van der Waals surface area contributed by atoms with Crippen molar-refractivity contribution < 1.29 is 14.3 Å². The fourth-order valence-corrected chi connectivity index (χ4v) is 2.36. The van der Waals surface area contributed by atoms with Crippen molar-refractivity contribution in [2.45, 2.75) is 18.9 Å². The van der Waals surface area contributed by atoms with E-state index in [4.69, 9.17) is 0 Å². The highest BCUT2D eigenvalue weighted by Gasteiger charge is 2.31. The molecule has 1 amide bonds. The van der Waals surface area contributed by atoms with Gasteiger partial charge < -0.3 is 10.0 Å². The largest absolute Gasteiger partial charge is 0.391 e. The SMILES string of the molecule is CN(CC(O)C1CC1)C(=O)c1cc(F)cc(Br)c1. The summed E-state index contributed by atoms with van der Waals surface area (Å²) in [5.74, 6) is -0.418. The van der Waals surface area contributed by atoms with Crippen LogP contribution in [0.5, 0.6) is 0 Å². The molecular weight excluding hydrogens is 301 g/mol. The molecule has 1 aliphatic rings. The van der Waals surface area contributed by atoms with Crippen LogP contribution >= 0.6 is 15.9 Å². The van der Waals surface area contributed by atoms with Gasteiger partial charge in [-0.3, -0.25) is 4.79 Å². The second-order valence-electron chi connectivity index (χ2n) is 4.75. The lowest BCUT2D eigenvalue weighted by molar-refractivity contribution is 0.0645. The zero-order valence-corrected chi connectivity index (χ0v) is 11.7. The predicted octanol–water partition coefficient (Wildman–Crippen LogP) is 2.43. The van der Waals surface area contributed by atoms with Crippen LogP contribution in [0.15, 0.2) is 22.7 Å². The number of rotatable bonds is 4. The average molecular weight is 316 g/mol. The van der Waals surface area contributed by atoms with Crippen molar-refractivity contribution in [1.82, 2.24) is 4.90 Å². The number of aliphatic hydroxyl groups excluding tert-OH is 1. The Hall–Kier alpha value is -0.940. The molecule has 1 saturated carbocycles. The maximum absolute atomic E-state index is 13.2. The van der Waals surface area contributed by atoms with Crippen LogP contribution in [0.3, 0.4) is 0 Å². The Balaban J connectivity index is 2.04. The molecule has 0 heterocycles. The number of halogens is 2. The van der Waals surface area contributed by atoms with Crippen molar-refractivity contribution in [2.24, 2.45) is 5.92 Å². The van der Waals surface area contributed by atoms with E-state index in [1.165, 1.54) is 17.0 Å². The molecule has 0 bridgehead atoms. The third-order valence-corrected chi connectivity index (χ3v) is 3.54. The number of nitrogens with zero attached hydrogens (tertiary/aromatic N) is 1. The van der Waals surface area contributed by atoms with Gasteiger partial charge in [-0.2, -0.15) is 0 Å². The first-order valence-electron chi connectivity index (χ1n) is 5.87. The highest BCUT2D eigenvalue weighted by molar-refractivity contribution is 9.10. The van der Waals surface area contributed by atoms with E-state index in [0.29, 0.717) is 10.4 Å². The molecule has 98 valence electrons. The summed E-state index contributed by atoms with van der Waals surface area (Å²) in [6.45, 7) is 0.289. The molecule has 0 radical (unpaired) electrons. The number of carbonyl (C=O) groups is 1. The van der Waals surface area contributed by atoms with Crippen LogP contribution < -0.4 is 0 Å². The van der Waals surface area contributed by atoms with Gasteiger partial charge in [-0.1, -0.05) is 15.9 Å². The lowest BCUT2D eigenvalue weighted by Crippen LogP contribution is -2.35. The van der Waals surface area contributed by atoms with Gasteiger partial charge in [0.15, 0.2) is 0 Å². The van der Waals surface area contributed by atoms with Crippen molar-refractivity contribution in [3.63, 3.8) is 0 Å². The van der Waals surface area contributed by atoms with Gasteiger partial charge in [-0.15, -0.1) is 0 Å². The second kappa shape index (κ2) is 5.36. The molecule has 2 rings (SSSR count). The number of benzene rings is 1. The number of carbonyl (C=O) groups excluding carboxylic acids is 1. The molecule has 1 N–H and O–H groups in total. The van der Waals surface area contributed by atoms with E-state index in [0.717, 1.165) is 12.8 Å². The molecule has 0 aromatic heterocycles. The molecule has 0 saturated heterocycles. The van der Waals surface area contributed by atoms with E-state index in [9.17, 15) is 14.3 Å². The molecule has 1 atom stereocenters. The van der Waals surface area contributed by atoms with Crippen molar-refractivity contribution in [3.05, 3.63) is 34.1 Å². The molecule has 1 aromatic rings. The third-order valence-electron chi connectivity index (χ3n) is 3.08. The smallest absolute Gasteiger partial charge is 0.253 e. The summed E-state index contributed by atoms with van der Waals surface area (Å²) in [5, 5.41) is 9.79. The van der Waals surface area contributed by atoms with Gasteiger partial charge in [-0.05, 0) is 37.0 Å². The van der Waals surface area contributed by atoms with E-state index in [2.05, 4.69) is 15.9 Å². The highest BCUT2D eigenvalue weighted by atomic mass is 79.9. The van der Waals surface area contributed by atoms with Crippen molar-refractivity contribution in [3.8, 4) is 0 Å². The molecule has 1 unspecified atom stereocenters. The van der Waals surface area contributed by atoms with E-state index < -0.39 is 11.9 Å². The van der Waals surface area contributed by atoms with Crippen LogP contribution in [0.25, 0.3) is 0 Å². The van der Waals surface area contributed by atoms with Gasteiger partial charge in [-0.25, -0.2) is 4.39 Å².